The van der Waals surface area contributed by atoms with Crippen LogP contribution in [0.3, 0.4) is 0 Å². The summed E-state index contributed by atoms with van der Waals surface area (Å²) in [7, 11) is 0. The van der Waals surface area contributed by atoms with E-state index in [1.807, 2.05) is 35.2 Å². The highest BCUT2D eigenvalue weighted by molar-refractivity contribution is 6.02. The molecular weight excluding hydrogens is 356 g/mol. The SMILES string of the molecule is O=C1N(Cc2ccccc2)c2ccccc2NC2CCCC12Cc1ccccc1. The molecule has 2 unspecified atom stereocenters. The summed E-state index contributed by atoms with van der Waals surface area (Å²) < 4.78 is 0. The minimum absolute atomic E-state index is 0.164. The number of benzene rings is 3. The standard InChI is InChI=1S/C26H26N2O/c29-25-26(18-20-10-3-1-4-11-20)17-9-16-24(26)27-22-14-7-8-15-23(22)28(25)19-21-12-5-2-6-13-21/h1-8,10-15,24,27H,9,16-19H2. The molecule has 1 saturated carbocycles. The molecule has 3 aromatic rings. The van der Waals surface area contributed by atoms with Crippen LogP contribution in [0.15, 0.2) is 84.9 Å². The van der Waals surface area contributed by atoms with Crippen molar-refractivity contribution in [1.82, 2.24) is 0 Å². The molecule has 1 aliphatic carbocycles. The Morgan fingerprint density at radius 3 is 2.28 bits per heavy atom. The lowest BCUT2D eigenvalue weighted by molar-refractivity contribution is -0.128. The van der Waals surface area contributed by atoms with Crippen LogP contribution in [0.2, 0.25) is 0 Å². The predicted molar refractivity (Wildman–Crippen MR) is 118 cm³/mol. The first kappa shape index (κ1) is 18.0. The number of para-hydroxylation sites is 2. The Balaban J connectivity index is 1.60. The van der Waals surface area contributed by atoms with Crippen LogP contribution in [0.4, 0.5) is 11.4 Å². The number of hydrogen-bond donors (Lipinski definition) is 1. The highest BCUT2D eigenvalue weighted by atomic mass is 16.2. The molecule has 0 bridgehead atoms. The number of hydrogen-bond acceptors (Lipinski definition) is 2. The number of amides is 1. The molecule has 0 spiro atoms. The summed E-state index contributed by atoms with van der Waals surface area (Å²) in [4.78, 5) is 16.2. The third kappa shape index (κ3) is 3.21. The van der Waals surface area contributed by atoms with Gasteiger partial charge in [-0.05, 0) is 42.5 Å². The van der Waals surface area contributed by atoms with Crippen molar-refractivity contribution in [2.75, 3.05) is 10.2 Å². The van der Waals surface area contributed by atoms with E-state index in [4.69, 9.17) is 0 Å². The molecule has 3 nitrogen and oxygen atoms in total. The fourth-order valence-electron chi connectivity index (χ4n) is 5.11. The third-order valence-corrected chi connectivity index (χ3v) is 6.52. The summed E-state index contributed by atoms with van der Waals surface area (Å²) in [6.45, 7) is 0.599. The monoisotopic (exact) mass is 382 g/mol. The van der Waals surface area contributed by atoms with Gasteiger partial charge < -0.3 is 10.2 Å². The number of fused-ring (bicyclic) bond motifs is 2. The highest BCUT2D eigenvalue weighted by Crippen LogP contribution is 2.48. The lowest BCUT2D eigenvalue weighted by Crippen LogP contribution is -2.49. The quantitative estimate of drug-likeness (QED) is 0.653. The minimum atomic E-state index is -0.408. The maximum atomic E-state index is 14.2. The number of nitrogens with one attached hydrogen (secondary N) is 1. The molecule has 2 aliphatic rings. The number of carbonyl (C=O) groups excluding carboxylic acids is 1. The van der Waals surface area contributed by atoms with Crippen molar-refractivity contribution in [3.8, 4) is 0 Å². The Kier molecular flexibility index (Phi) is 4.59. The van der Waals surface area contributed by atoms with E-state index in [1.54, 1.807) is 0 Å². The highest BCUT2D eigenvalue weighted by Gasteiger charge is 2.52. The lowest BCUT2D eigenvalue weighted by Gasteiger charge is -2.36. The Bertz CT molecular complexity index is 1000. The molecular formula is C26H26N2O. The number of rotatable bonds is 4. The summed E-state index contributed by atoms with van der Waals surface area (Å²) in [5, 5.41) is 3.77. The lowest BCUT2D eigenvalue weighted by atomic mass is 9.75. The second kappa shape index (κ2) is 7.40. The molecule has 146 valence electrons. The topological polar surface area (TPSA) is 32.3 Å². The zero-order chi connectivity index (χ0) is 19.7. The molecule has 0 radical (unpaired) electrons. The van der Waals surface area contributed by atoms with Crippen molar-refractivity contribution in [2.24, 2.45) is 5.41 Å². The van der Waals surface area contributed by atoms with Gasteiger partial charge in [0.25, 0.3) is 0 Å². The van der Waals surface area contributed by atoms with E-state index in [0.29, 0.717) is 6.54 Å². The molecule has 5 rings (SSSR count). The van der Waals surface area contributed by atoms with Crippen molar-refractivity contribution in [3.05, 3.63) is 96.1 Å². The molecule has 3 aromatic carbocycles. The van der Waals surface area contributed by atoms with Crippen molar-refractivity contribution in [1.29, 1.82) is 0 Å². The van der Waals surface area contributed by atoms with E-state index in [1.165, 1.54) is 5.56 Å². The molecule has 2 atom stereocenters. The van der Waals surface area contributed by atoms with E-state index < -0.39 is 5.41 Å². The third-order valence-electron chi connectivity index (χ3n) is 6.52. The number of carbonyl (C=O) groups is 1. The largest absolute Gasteiger partial charge is 0.380 e. The Hall–Kier alpha value is -3.07. The summed E-state index contributed by atoms with van der Waals surface area (Å²) in [6, 6.07) is 29.2. The zero-order valence-corrected chi connectivity index (χ0v) is 16.6. The maximum Gasteiger partial charge on any atom is 0.235 e. The first-order valence-electron chi connectivity index (χ1n) is 10.5. The van der Waals surface area contributed by atoms with Crippen LogP contribution < -0.4 is 10.2 Å². The summed E-state index contributed by atoms with van der Waals surface area (Å²) in [6.07, 6.45) is 3.82. The summed E-state index contributed by atoms with van der Waals surface area (Å²) in [5.41, 5.74) is 4.04. The van der Waals surface area contributed by atoms with Gasteiger partial charge in [-0.25, -0.2) is 0 Å². The van der Waals surface area contributed by atoms with Gasteiger partial charge in [0.15, 0.2) is 0 Å². The Morgan fingerprint density at radius 1 is 0.862 bits per heavy atom. The maximum absolute atomic E-state index is 14.2. The van der Waals surface area contributed by atoms with Crippen LogP contribution in [0.5, 0.6) is 0 Å². The van der Waals surface area contributed by atoms with Crippen LogP contribution in [0.1, 0.15) is 30.4 Å². The van der Waals surface area contributed by atoms with E-state index in [9.17, 15) is 4.79 Å². The van der Waals surface area contributed by atoms with E-state index >= 15 is 0 Å². The molecule has 0 saturated heterocycles. The van der Waals surface area contributed by atoms with Crippen molar-refractivity contribution < 1.29 is 4.79 Å². The van der Waals surface area contributed by atoms with Gasteiger partial charge >= 0.3 is 0 Å². The molecule has 1 aliphatic heterocycles. The van der Waals surface area contributed by atoms with Crippen LogP contribution in [0, 0.1) is 5.41 Å². The average molecular weight is 383 g/mol. The van der Waals surface area contributed by atoms with Crippen LogP contribution >= 0.6 is 0 Å². The van der Waals surface area contributed by atoms with Gasteiger partial charge in [0.05, 0.1) is 23.3 Å². The van der Waals surface area contributed by atoms with Crippen LogP contribution in [-0.2, 0) is 17.8 Å². The van der Waals surface area contributed by atoms with Gasteiger partial charge in [-0.15, -0.1) is 0 Å². The molecule has 29 heavy (non-hydrogen) atoms. The van der Waals surface area contributed by atoms with Crippen LogP contribution in [-0.4, -0.2) is 11.9 Å². The van der Waals surface area contributed by atoms with Crippen LogP contribution in [0.25, 0.3) is 0 Å². The Morgan fingerprint density at radius 2 is 1.52 bits per heavy atom. The fraction of sp³-hybridized carbons (Fsp3) is 0.269. The molecule has 3 heteroatoms. The number of nitrogens with zero attached hydrogens (tertiary/aromatic N) is 1. The summed E-state index contributed by atoms with van der Waals surface area (Å²) >= 11 is 0. The normalized spacial score (nSPS) is 23.1. The molecule has 1 heterocycles. The molecule has 1 fully saturated rings. The van der Waals surface area contributed by atoms with Gasteiger partial charge in [0.1, 0.15) is 0 Å². The van der Waals surface area contributed by atoms with Gasteiger partial charge in [0, 0.05) is 6.04 Å². The molecule has 0 aromatic heterocycles. The van der Waals surface area contributed by atoms with E-state index in [-0.39, 0.29) is 11.9 Å². The number of anilines is 2. The van der Waals surface area contributed by atoms with Crippen molar-refractivity contribution >= 4 is 17.3 Å². The molecule has 1 N–H and O–H groups in total. The van der Waals surface area contributed by atoms with E-state index in [2.05, 4.69) is 59.9 Å². The fourth-order valence-corrected chi connectivity index (χ4v) is 5.11. The average Bonchev–Trinajstić information content (AvgIpc) is 3.13. The zero-order valence-electron chi connectivity index (χ0n) is 16.6. The summed E-state index contributed by atoms with van der Waals surface area (Å²) in [5.74, 6) is 0.255. The first-order chi connectivity index (χ1) is 14.3. The predicted octanol–water partition coefficient (Wildman–Crippen LogP) is 5.43. The smallest absolute Gasteiger partial charge is 0.235 e. The second-order valence-electron chi connectivity index (χ2n) is 8.30. The van der Waals surface area contributed by atoms with Gasteiger partial charge in [0.2, 0.25) is 5.91 Å². The molecule has 1 amide bonds. The van der Waals surface area contributed by atoms with Crippen molar-refractivity contribution in [3.63, 3.8) is 0 Å². The first-order valence-corrected chi connectivity index (χ1v) is 10.5. The van der Waals surface area contributed by atoms with Crippen molar-refractivity contribution in [2.45, 2.75) is 38.3 Å². The second-order valence-corrected chi connectivity index (χ2v) is 8.30. The van der Waals surface area contributed by atoms with Gasteiger partial charge in [-0.2, -0.15) is 0 Å². The van der Waals surface area contributed by atoms with Gasteiger partial charge in [-0.1, -0.05) is 79.2 Å². The van der Waals surface area contributed by atoms with E-state index in [0.717, 1.165) is 42.6 Å². The Labute approximate surface area is 172 Å². The van der Waals surface area contributed by atoms with Gasteiger partial charge in [-0.3, -0.25) is 4.79 Å². The minimum Gasteiger partial charge on any atom is -0.380 e.